The molecular weight excluding hydrogens is 1960 g/mol. The Bertz CT molecular complexity index is 6670. The quantitative estimate of drug-likeness (QED) is 0.0329. The first kappa shape index (κ1) is 106. The van der Waals surface area contributed by atoms with E-state index < -0.39 is 130 Å². The van der Waals surface area contributed by atoms with Gasteiger partial charge in [0.05, 0.1) is 127 Å². The number of rotatable bonds is 36. The van der Waals surface area contributed by atoms with E-state index in [9.17, 15) is 51.2 Å². The highest BCUT2D eigenvalue weighted by atomic mass is 32.2. The van der Waals surface area contributed by atoms with Crippen molar-refractivity contribution >= 4 is 39.3 Å². The van der Waals surface area contributed by atoms with Crippen molar-refractivity contribution in [1.29, 1.82) is 0 Å². The van der Waals surface area contributed by atoms with Crippen molar-refractivity contribution in [2.24, 2.45) is 0 Å². The summed E-state index contributed by atoms with van der Waals surface area (Å²) in [6.07, 6.45) is 8.11. The number of benzene rings is 4. The van der Waals surface area contributed by atoms with Crippen molar-refractivity contribution in [3.05, 3.63) is 264 Å². The molecule has 12 heterocycles. The van der Waals surface area contributed by atoms with Gasteiger partial charge in [-0.05, 0) is 152 Å². The zero-order valence-electron chi connectivity index (χ0n) is 81.9. The van der Waals surface area contributed by atoms with E-state index >= 15 is 0 Å². The molecule has 0 amide bonds. The Morgan fingerprint density at radius 1 is 0.257 bits per heavy atom. The Morgan fingerprint density at radius 2 is 0.417 bits per heavy atom. The summed E-state index contributed by atoms with van der Waals surface area (Å²) in [5.41, 5.74) is 1.74. The Hall–Kier alpha value is -15.2. The molecule has 0 bridgehead atoms. The van der Waals surface area contributed by atoms with Gasteiger partial charge in [-0.25, -0.2) is 91.1 Å². The second-order valence-corrected chi connectivity index (χ2v) is 42.5. The number of hydrogen-bond acceptors (Lipinski definition) is 36. The lowest BCUT2D eigenvalue weighted by atomic mass is 10.1. The molecule has 48 heteroatoms. The number of furan rings is 4. The van der Waals surface area contributed by atoms with Crippen molar-refractivity contribution in [3.63, 3.8) is 0 Å². The SMILES string of the molecule is COc1cccc(OC)c1-n1c(CS(=O)(=O)[C@@H](C)[C@@H](C)c2ncc(F)cn2)nnc1-c1ccc(C)o1.COc1cccc(OC)c1-n1c(CS(=O)(=O)[C@@H](C)[C@H](C)c2ncc(F)cn2)nnc1-c1ccc(C)o1.COc1cccc(OC)c1-n1c(CS(=O)(=O)[C@H](C)[C@@H](C)c2ncc(F)cn2)nnc1-c1ccc(C)o1.COc1cccc(OC)c1-n1c(CS(=O)(=O)[C@H](C)[C@H](C)c2ncc(F)cn2)nnc1-c1ccc(C)o1. The van der Waals surface area contributed by atoms with Crippen LogP contribution in [0.4, 0.5) is 17.6 Å². The second kappa shape index (κ2) is 45.4. The summed E-state index contributed by atoms with van der Waals surface area (Å²) in [4.78, 5) is 31.6. The standard InChI is InChI=1S/4C24H26FN5O5S/c4*1-14-9-10-20(35-14)24-29-28-21(30(24)22-18(33-4)7-6-8-19(22)34-5)13-36(31,32)16(3)15(2)23-26-11-17(25)12-27-23/h4*6-12,15-16H,13H2,1-5H3/t2*15-,16+;2*15-,16-/m1010/s1. The fourth-order valence-electron chi connectivity index (χ4n) is 15.2. The van der Waals surface area contributed by atoms with E-state index in [-0.39, 0.29) is 46.6 Å². The largest absolute Gasteiger partial charge is 0.494 e. The minimum atomic E-state index is -3.81. The average Bonchev–Trinajstić information content (AvgIpc) is 1.61. The molecule has 144 heavy (non-hydrogen) atoms. The number of sulfone groups is 4. The normalized spacial score (nSPS) is 13.4. The summed E-state index contributed by atoms with van der Waals surface area (Å²) in [5, 5.41) is 30.3. The number of aryl methyl sites for hydroxylation is 4. The maximum absolute atomic E-state index is 13.5. The summed E-state index contributed by atoms with van der Waals surface area (Å²) in [6.45, 7) is 20.1. The van der Waals surface area contributed by atoms with E-state index in [2.05, 4.69) is 80.7 Å². The number of ether oxygens (including phenoxy) is 8. The monoisotopic (exact) mass is 2060 g/mol. The smallest absolute Gasteiger partial charge is 0.204 e. The number of hydrogen-bond donors (Lipinski definition) is 0. The third-order valence-electron chi connectivity index (χ3n) is 23.9. The van der Waals surface area contributed by atoms with Crippen LogP contribution in [-0.4, -0.2) is 210 Å². The van der Waals surface area contributed by atoms with Crippen molar-refractivity contribution in [2.75, 3.05) is 56.9 Å². The third-order valence-corrected chi connectivity index (χ3v) is 32.7. The van der Waals surface area contributed by atoms with Gasteiger partial charge in [0, 0.05) is 23.7 Å². The van der Waals surface area contributed by atoms with Crippen LogP contribution in [0.25, 0.3) is 69.1 Å². The molecule has 0 saturated heterocycles. The predicted octanol–water partition coefficient (Wildman–Crippen LogP) is 15.6. The number of nitrogens with zero attached hydrogens (tertiary/aromatic N) is 20. The lowest BCUT2D eigenvalue weighted by molar-refractivity contribution is 0.390. The van der Waals surface area contributed by atoms with Gasteiger partial charge in [-0.1, -0.05) is 52.0 Å². The molecule has 0 fully saturated rings. The maximum Gasteiger partial charge on any atom is 0.204 e. The van der Waals surface area contributed by atoms with Crippen molar-refractivity contribution in [2.45, 2.75) is 151 Å². The molecule has 4 aromatic carbocycles. The summed E-state index contributed by atoms with van der Waals surface area (Å²) < 4.78 is 235. The van der Waals surface area contributed by atoms with Gasteiger partial charge in [0.2, 0.25) is 23.3 Å². The Morgan fingerprint density at radius 3 is 0.556 bits per heavy atom. The number of aromatic nitrogens is 20. The number of halogens is 4. The molecule has 0 aliphatic rings. The van der Waals surface area contributed by atoms with Gasteiger partial charge in [-0.2, -0.15) is 0 Å². The van der Waals surface area contributed by atoms with Gasteiger partial charge in [-0.15, -0.1) is 40.8 Å². The van der Waals surface area contributed by atoms with Crippen molar-refractivity contribution in [1.82, 2.24) is 98.9 Å². The molecule has 0 unspecified atom stereocenters. The van der Waals surface area contributed by atoms with Crippen LogP contribution in [-0.2, 0) is 62.4 Å². The molecule has 0 spiro atoms. The summed E-state index contributed by atoms with van der Waals surface area (Å²) in [7, 11) is -3.24. The number of methoxy groups -OCH3 is 8. The molecule has 0 radical (unpaired) electrons. The van der Waals surface area contributed by atoms with E-state index in [0.29, 0.717) is 138 Å². The Labute approximate surface area is 826 Å². The van der Waals surface area contributed by atoms with Crippen LogP contribution in [0.1, 0.15) is 149 Å². The van der Waals surface area contributed by atoms with Crippen LogP contribution >= 0.6 is 0 Å². The van der Waals surface area contributed by atoms with Gasteiger partial charge < -0.3 is 55.6 Å². The molecule has 16 aromatic rings. The lowest BCUT2D eigenvalue weighted by Gasteiger charge is -2.20. The fraction of sp³-hybridized carbons (Fsp3) is 0.333. The van der Waals surface area contributed by atoms with Crippen LogP contribution in [0.3, 0.4) is 0 Å². The molecule has 12 aromatic heterocycles. The molecule has 760 valence electrons. The van der Waals surface area contributed by atoms with Gasteiger partial charge >= 0.3 is 0 Å². The molecule has 0 aliphatic carbocycles. The number of para-hydroxylation sites is 4. The Kier molecular flexibility index (Phi) is 33.4. The molecule has 8 atom stereocenters. The van der Waals surface area contributed by atoms with Crippen LogP contribution in [0.15, 0.2) is 189 Å². The molecular formula is C96H104F4N20O20S4. The molecule has 0 N–H and O–H groups in total. The predicted molar refractivity (Wildman–Crippen MR) is 518 cm³/mol. The van der Waals surface area contributed by atoms with E-state index in [4.69, 9.17) is 55.6 Å². The minimum Gasteiger partial charge on any atom is -0.494 e. The first-order valence-electron chi connectivity index (χ1n) is 44.3. The summed E-state index contributed by atoms with van der Waals surface area (Å²) in [5.74, 6) is 3.71. The van der Waals surface area contributed by atoms with E-state index in [0.717, 1.165) is 49.6 Å². The molecule has 40 nitrogen and oxygen atoms in total. The minimum absolute atomic E-state index is 0.140. The highest BCUT2D eigenvalue weighted by Crippen LogP contribution is 2.44. The maximum atomic E-state index is 13.5. The zero-order chi connectivity index (χ0) is 104. The lowest BCUT2D eigenvalue weighted by Crippen LogP contribution is -2.27. The highest BCUT2D eigenvalue weighted by molar-refractivity contribution is 7.92. The van der Waals surface area contributed by atoms with Crippen LogP contribution in [0.5, 0.6) is 46.0 Å². The topological polar surface area (TPSA) is 489 Å². The first-order chi connectivity index (χ1) is 68.6. The van der Waals surface area contributed by atoms with Crippen molar-refractivity contribution in [3.8, 4) is 115 Å². The second-order valence-electron chi connectivity index (χ2n) is 33.0. The summed E-state index contributed by atoms with van der Waals surface area (Å²) >= 11 is 0. The first-order valence-corrected chi connectivity index (χ1v) is 51.2. The van der Waals surface area contributed by atoms with Gasteiger partial charge in [-0.3, -0.25) is 18.3 Å². The zero-order valence-corrected chi connectivity index (χ0v) is 85.1. The van der Waals surface area contributed by atoms with E-state index in [1.807, 2.05) is 0 Å². The van der Waals surface area contributed by atoms with Crippen LogP contribution in [0, 0.1) is 51.0 Å². The third kappa shape index (κ3) is 23.4. The van der Waals surface area contributed by atoms with E-state index in [1.54, 1.807) is 223 Å². The van der Waals surface area contributed by atoms with Crippen LogP contribution in [0.2, 0.25) is 0 Å². The van der Waals surface area contributed by atoms with Crippen LogP contribution < -0.4 is 37.9 Å². The van der Waals surface area contributed by atoms with E-state index in [1.165, 1.54) is 56.9 Å². The van der Waals surface area contributed by atoms with Gasteiger partial charge in [0.1, 0.15) is 138 Å². The molecule has 16 rings (SSSR count). The molecule has 0 saturated carbocycles. The highest BCUT2D eigenvalue weighted by Gasteiger charge is 2.40. The molecule has 0 aliphatic heterocycles. The van der Waals surface area contributed by atoms with Gasteiger partial charge in [0.25, 0.3) is 0 Å². The summed E-state index contributed by atoms with van der Waals surface area (Å²) in [6, 6.07) is 34.8. The Balaban J connectivity index is 0.000000161. The average molecular weight is 2060 g/mol. The fourth-order valence-corrected chi connectivity index (χ4v) is 21.4. The van der Waals surface area contributed by atoms with Gasteiger partial charge in [0.15, 0.2) is 109 Å². The van der Waals surface area contributed by atoms with Crippen molar-refractivity contribution < 1.29 is 107 Å².